The Labute approximate surface area is 176 Å². The third-order valence-electron chi connectivity index (χ3n) is 4.94. The minimum Gasteiger partial charge on any atom is -0.406 e. The molecule has 2 unspecified atom stereocenters. The normalized spacial score (nSPS) is 17.5. The fourth-order valence-electron chi connectivity index (χ4n) is 3.47. The Kier molecular flexibility index (Phi) is 6.84. The summed E-state index contributed by atoms with van der Waals surface area (Å²) in [6.07, 6.45) is -2.87. The summed E-state index contributed by atoms with van der Waals surface area (Å²) < 4.78 is 46.0. The Hall–Kier alpha value is -3.08. The van der Waals surface area contributed by atoms with Gasteiger partial charge in [0.1, 0.15) is 11.4 Å². The zero-order valence-electron chi connectivity index (χ0n) is 17.0. The second-order valence-electron chi connectivity index (χ2n) is 7.24. The van der Waals surface area contributed by atoms with Gasteiger partial charge in [-0.25, -0.2) is 4.98 Å². The molecule has 2 atom stereocenters. The summed E-state index contributed by atoms with van der Waals surface area (Å²) in [5, 5.41) is 2.71. The number of hydrogen-bond donors (Lipinski definition) is 2. The van der Waals surface area contributed by atoms with Crippen LogP contribution in [0.1, 0.15) is 41.9 Å². The average Bonchev–Trinajstić information content (AvgIpc) is 3.12. The van der Waals surface area contributed by atoms with Gasteiger partial charge in [0.2, 0.25) is 5.95 Å². The molecule has 1 fully saturated rings. The van der Waals surface area contributed by atoms with Crippen molar-refractivity contribution in [2.45, 2.75) is 38.2 Å². The van der Waals surface area contributed by atoms with Crippen molar-refractivity contribution >= 4 is 11.9 Å². The smallest absolute Gasteiger partial charge is 0.406 e. The summed E-state index contributed by atoms with van der Waals surface area (Å²) in [5.74, 6) is -0.643. The number of H-pyrrole nitrogens is 1. The van der Waals surface area contributed by atoms with E-state index in [9.17, 15) is 22.8 Å². The fraction of sp³-hybridized carbons (Fsp3) is 0.450. The van der Waals surface area contributed by atoms with Gasteiger partial charge in [0.25, 0.3) is 11.5 Å². The zero-order chi connectivity index (χ0) is 22.6. The molecule has 2 aromatic rings. The summed E-state index contributed by atoms with van der Waals surface area (Å²) >= 11 is 0. The van der Waals surface area contributed by atoms with Gasteiger partial charge in [0.15, 0.2) is 0 Å². The predicted octanol–water partition coefficient (Wildman–Crippen LogP) is 2.77. The van der Waals surface area contributed by atoms with E-state index in [1.165, 1.54) is 19.2 Å². The molecule has 0 saturated carbocycles. The van der Waals surface area contributed by atoms with E-state index in [2.05, 4.69) is 20.0 Å². The molecule has 1 aliphatic rings. The SMILES string of the molecule is COCC(NC(=O)c1cc(=O)[nH]c(N2CCCC2C)n1)c1ccc(OC(F)(F)F)cc1. The van der Waals surface area contributed by atoms with Crippen molar-refractivity contribution in [3.8, 4) is 5.75 Å². The number of carbonyl (C=O) groups excluding carboxylic acids is 1. The number of ether oxygens (including phenoxy) is 2. The van der Waals surface area contributed by atoms with E-state index in [-0.39, 0.29) is 24.1 Å². The topological polar surface area (TPSA) is 96.5 Å². The third kappa shape index (κ3) is 5.97. The Morgan fingerprint density at radius 3 is 2.65 bits per heavy atom. The molecule has 1 aliphatic heterocycles. The molecule has 1 saturated heterocycles. The first kappa shape index (κ1) is 22.6. The minimum atomic E-state index is -4.79. The molecule has 168 valence electrons. The van der Waals surface area contributed by atoms with Crippen LogP contribution in [0.15, 0.2) is 35.1 Å². The molecule has 0 radical (unpaired) electrons. The van der Waals surface area contributed by atoms with Gasteiger partial charge in [-0.05, 0) is 37.5 Å². The maximum Gasteiger partial charge on any atom is 0.573 e. The molecule has 0 bridgehead atoms. The largest absolute Gasteiger partial charge is 0.573 e. The monoisotopic (exact) mass is 440 g/mol. The number of methoxy groups -OCH3 is 1. The average molecular weight is 440 g/mol. The van der Waals surface area contributed by atoms with Crippen molar-refractivity contribution in [2.75, 3.05) is 25.2 Å². The van der Waals surface area contributed by atoms with E-state index in [0.29, 0.717) is 11.5 Å². The first-order valence-corrected chi connectivity index (χ1v) is 9.70. The van der Waals surface area contributed by atoms with Crippen molar-refractivity contribution in [3.05, 3.63) is 51.9 Å². The first-order valence-electron chi connectivity index (χ1n) is 9.70. The Morgan fingerprint density at radius 1 is 1.35 bits per heavy atom. The lowest BCUT2D eigenvalue weighted by molar-refractivity contribution is -0.274. The summed E-state index contributed by atoms with van der Waals surface area (Å²) in [5.41, 5.74) is -0.00914. The number of alkyl halides is 3. The second-order valence-corrected chi connectivity index (χ2v) is 7.24. The highest BCUT2D eigenvalue weighted by atomic mass is 19.4. The van der Waals surface area contributed by atoms with Crippen molar-refractivity contribution in [1.29, 1.82) is 0 Å². The maximum absolute atomic E-state index is 12.8. The Balaban J connectivity index is 1.78. The van der Waals surface area contributed by atoms with Gasteiger partial charge in [-0.3, -0.25) is 14.6 Å². The van der Waals surface area contributed by atoms with Gasteiger partial charge in [-0.15, -0.1) is 13.2 Å². The van der Waals surface area contributed by atoms with Gasteiger partial charge in [0, 0.05) is 25.8 Å². The number of carbonyl (C=O) groups is 1. The van der Waals surface area contributed by atoms with Crippen LogP contribution >= 0.6 is 0 Å². The number of hydrogen-bond acceptors (Lipinski definition) is 6. The number of rotatable bonds is 7. The number of aromatic nitrogens is 2. The third-order valence-corrected chi connectivity index (χ3v) is 4.94. The van der Waals surface area contributed by atoms with Crippen LogP contribution in [0.2, 0.25) is 0 Å². The van der Waals surface area contributed by atoms with Crippen LogP contribution in [0.3, 0.4) is 0 Å². The molecular formula is C20H23F3N4O4. The van der Waals surface area contributed by atoms with Gasteiger partial charge >= 0.3 is 6.36 Å². The van der Waals surface area contributed by atoms with Crippen molar-refractivity contribution in [2.24, 2.45) is 0 Å². The van der Waals surface area contributed by atoms with E-state index in [1.807, 2.05) is 11.8 Å². The van der Waals surface area contributed by atoms with Crippen LogP contribution in [0.5, 0.6) is 5.75 Å². The molecule has 11 heteroatoms. The Morgan fingerprint density at radius 2 is 2.06 bits per heavy atom. The highest BCUT2D eigenvalue weighted by molar-refractivity contribution is 5.92. The minimum absolute atomic E-state index is 0.0593. The van der Waals surface area contributed by atoms with Crippen LogP contribution in [0.4, 0.5) is 19.1 Å². The first-order chi connectivity index (χ1) is 14.7. The number of halogens is 3. The molecule has 0 aliphatic carbocycles. The molecule has 1 aromatic heterocycles. The lowest BCUT2D eigenvalue weighted by atomic mass is 10.1. The lowest BCUT2D eigenvalue weighted by Crippen LogP contribution is -2.35. The highest BCUT2D eigenvalue weighted by Crippen LogP contribution is 2.25. The van der Waals surface area contributed by atoms with Crippen molar-refractivity contribution in [1.82, 2.24) is 15.3 Å². The van der Waals surface area contributed by atoms with Gasteiger partial charge in [-0.1, -0.05) is 12.1 Å². The van der Waals surface area contributed by atoms with Gasteiger partial charge in [0.05, 0.1) is 12.6 Å². The standard InChI is InChI=1S/C20H23F3N4O4/c1-12-4-3-9-27(12)19-25-15(10-17(28)26-19)18(29)24-16(11-30-2)13-5-7-14(8-6-13)31-20(21,22)23/h5-8,10,12,16H,3-4,9,11H2,1-2H3,(H,24,29)(H,25,26,28). The lowest BCUT2D eigenvalue weighted by Gasteiger charge is -2.22. The van der Waals surface area contributed by atoms with E-state index < -0.39 is 23.9 Å². The van der Waals surface area contributed by atoms with E-state index in [1.54, 1.807) is 0 Å². The number of amides is 1. The summed E-state index contributed by atoms with van der Waals surface area (Å²) in [7, 11) is 1.43. The maximum atomic E-state index is 12.8. The van der Waals surface area contributed by atoms with Crippen LogP contribution < -0.4 is 20.5 Å². The summed E-state index contributed by atoms with van der Waals surface area (Å²) in [6.45, 7) is 2.80. The van der Waals surface area contributed by atoms with Crippen LogP contribution in [0.25, 0.3) is 0 Å². The van der Waals surface area contributed by atoms with E-state index in [4.69, 9.17) is 4.74 Å². The molecule has 3 rings (SSSR count). The molecular weight excluding hydrogens is 417 g/mol. The quantitative estimate of drug-likeness (QED) is 0.688. The van der Waals surface area contributed by atoms with Crippen molar-refractivity contribution < 1.29 is 27.4 Å². The molecule has 8 nitrogen and oxygen atoms in total. The van der Waals surface area contributed by atoms with Crippen LogP contribution in [0, 0.1) is 0 Å². The molecule has 1 aromatic carbocycles. The number of nitrogens with zero attached hydrogens (tertiary/aromatic N) is 2. The van der Waals surface area contributed by atoms with Crippen LogP contribution in [-0.2, 0) is 4.74 Å². The zero-order valence-corrected chi connectivity index (χ0v) is 17.0. The molecule has 31 heavy (non-hydrogen) atoms. The van der Waals surface area contributed by atoms with E-state index in [0.717, 1.165) is 37.6 Å². The van der Waals surface area contributed by atoms with E-state index >= 15 is 0 Å². The number of anilines is 1. The highest BCUT2D eigenvalue weighted by Gasteiger charge is 2.31. The number of benzene rings is 1. The van der Waals surface area contributed by atoms with Gasteiger partial charge < -0.3 is 19.7 Å². The summed E-state index contributed by atoms with van der Waals surface area (Å²) in [6, 6.07) is 5.71. The fourth-order valence-corrected chi connectivity index (χ4v) is 3.47. The van der Waals surface area contributed by atoms with Gasteiger partial charge in [-0.2, -0.15) is 0 Å². The molecule has 0 spiro atoms. The second kappa shape index (κ2) is 9.38. The molecule has 2 heterocycles. The van der Waals surface area contributed by atoms with Crippen molar-refractivity contribution in [3.63, 3.8) is 0 Å². The van der Waals surface area contributed by atoms with Crippen LogP contribution in [-0.4, -0.2) is 48.5 Å². The predicted molar refractivity (Wildman–Crippen MR) is 106 cm³/mol. The summed E-state index contributed by atoms with van der Waals surface area (Å²) in [4.78, 5) is 33.8. The number of aromatic amines is 1. The number of nitrogens with one attached hydrogen (secondary N) is 2. The molecule has 1 amide bonds. The molecule has 2 N–H and O–H groups in total. The Bertz CT molecular complexity index is 962.